The van der Waals surface area contributed by atoms with Crippen molar-refractivity contribution >= 4 is 34.2 Å². The Kier molecular flexibility index (Phi) is 7.09. The summed E-state index contributed by atoms with van der Waals surface area (Å²) in [5, 5.41) is 12.5. The number of piperidine rings is 2. The predicted molar refractivity (Wildman–Crippen MR) is 159 cm³/mol. The second kappa shape index (κ2) is 10.5. The average Bonchev–Trinajstić information content (AvgIpc) is 3.58. The number of hydrogen-bond donors (Lipinski definition) is 3. The number of carbonyl (C=O) groups is 2. The number of nitrogens with one attached hydrogen (secondary N) is 2. The molecule has 12 heteroatoms. The molecule has 1 aliphatic carbocycles. The highest BCUT2D eigenvalue weighted by atomic mass is 32.1. The lowest BCUT2D eigenvalue weighted by atomic mass is 9.73. The third kappa shape index (κ3) is 5.34. The van der Waals surface area contributed by atoms with Crippen LogP contribution in [0.25, 0.3) is 11.4 Å². The van der Waals surface area contributed by atoms with Crippen LogP contribution in [0.2, 0.25) is 0 Å². The summed E-state index contributed by atoms with van der Waals surface area (Å²) in [4.78, 5) is 44.2. The lowest BCUT2D eigenvalue weighted by Gasteiger charge is -2.49. The number of H-pyrrole nitrogens is 1. The molecule has 3 aromatic heterocycles. The average molecular weight is 578 g/mol. The molecule has 0 unspecified atom stereocenters. The molecule has 0 spiro atoms. The molecule has 218 valence electrons. The molecular weight excluding hydrogens is 538 g/mol. The number of thiazole rings is 1. The number of anilines is 2. The molecule has 2 amide bonds. The summed E-state index contributed by atoms with van der Waals surface area (Å²) in [5.41, 5.74) is 9.71. The summed E-state index contributed by atoms with van der Waals surface area (Å²) < 4.78 is 0. The Hall–Kier alpha value is -3.38. The Balaban J connectivity index is 1.08. The van der Waals surface area contributed by atoms with Crippen molar-refractivity contribution in [2.75, 3.05) is 37.2 Å². The van der Waals surface area contributed by atoms with Gasteiger partial charge in [-0.15, -0.1) is 11.3 Å². The van der Waals surface area contributed by atoms with Crippen LogP contribution < -0.4 is 11.1 Å². The number of nitrogens with zero attached hydrogens (tertiary/aromatic N) is 6. The van der Waals surface area contributed by atoms with E-state index in [2.05, 4.69) is 63.1 Å². The quantitative estimate of drug-likeness (QED) is 0.417. The molecule has 3 aliphatic rings. The molecule has 6 rings (SSSR count). The van der Waals surface area contributed by atoms with Crippen LogP contribution in [0.3, 0.4) is 0 Å². The first-order chi connectivity index (χ1) is 19.5. The molecule has 2 saturated heterocycles. The van der Waals surface area contributed by atoms with Gasteiger partial charge in [0.1, 0.15) is 11.4 Å². The number of carbonyl (C=O) groups excluding carboxylic acids is 2. The maximum atomic E-state index is 13.3. The minimum atomic E-state index is -0.362. The first-order valence-corrected chi connectivity index (χ1v) is 15.4. The molecule has 11 nitrogen and oxygen atoms in total. The highest BCUT2D eigenvalue weighted by Gasteiger charge is 2.40. The largest absolute Gasteiger partial charge is 0.368 e. The third-order valence-corrected chi connectivity index (χ3v) is 10.1. The molecule has 0 bridgehead atoms. The van der Waals surface area contributed by atoms with Crippen molar-refractivity contribution in [3.8, 4) is 11.4 Å². The van der Waals surface area contributed by atoms with E-state index < -0.39 is 0 Å². The van der Waals surface area contributed by atoms with E-state index in [0.717, 1.165) is 56.1 Å². The molecule has 0 aromatic carbocycles. The van der Waals surface area contributed by atoms with Crippen LogP contribution in [0.5, 0.6) is 0 Å². The van der Waals surface area contributed by atoms with Crippen molar-refractivity contribution in [1.82, 2.24) is 34.9 Å². The standard InChI is InChI=1S/C29H39N9O2S/c1-17-5-9-38(10-6-17)29(4)7-11-37(12-8-29)20(39)13-19-16-41-27(32-19)34-25(40)24-21-23(35-36-24)22-18(14-28(21,2)3)15-31-26(30)33-22/h15-17H,5-14H2,1-4H3,(H,35,36)(H2,30,31,33)(H,32,34,40). The lowest BCUT2D eigenvalue weighted by molar-refractivity contribution is -0.133. The van der Waals surface area contributed by atoms with Crippen molar-refractivity contribution in [2.45, 2.75) is 77.2 Å². The van der Waals surface area contributed by atoms with Gasteiger partial charge in [-0.2, -0.15) is 5.10 Å². The first kappa shape index (κ1) is 27.8. The van der Waals surface area contributed by atoms with E-state index in [1.807, 2.05) is 10.3 Å². The lowest BCUT2D eigenvalue weighted by Crippen LogP contribution is -2.56. The minimum absolute atomic E-state index is 0.0896. The summed E-state index contributed by atoms with van der Waals surface area (Å²) in [7, 11) is 0. The van der Waals surface area contributed by atoms with Crippen molar-refractivity contribution in [1.29, 1.82) is 0 Å². The van der Waals surface area contributed by atoms with E-state index in [4.69, 9.17) is 5.73 Å². The van der Waals surface area contributed by atoms with Gasteiger partial charge in [0, 0.05) is 35.8 Å². The predicted octanol–water partition coefficient (Wildman–Crippen LogP) is 3.65. The molecule has 0 radical (unpaired) electrons. The fourth-order valence-corrected chi connectivity index (χ4v) is 7.34. The van der Waals surface area contributed by atoms with E-state index in [0.29, 0.717) is 34.3 Å². The number of nitrogen functional groups attached to an aromatic ring is 1. The van der Waals surface area contributed by atoms with Crippen molar-refractivity contribution in [2.24, 2.45) is 5.92 Å². The minimum Gasteiger partial charge on any atom is -0.368 e. The number of aromatic amines is 1. The summed E-state index contributed by atoms with van der Waals surface area (Å²) in [6.07, 6.45) is 7.14. The van der Waals surface area contributed by atoms with Crippen LogP contribution in [-0.2, 0) is 23.1 Å². The number of likely N-dealkylation sites (tertiary alicyclic amines) is 2. The monoisotopic (exact) mass is 577 g/mol. The second-order valence-electron chi connectivity index (χ2n) is 12.8. The molecule has 3 aromatic rings. The fourth-order valence-electron chi connectivity index (χ4n) is 6.63. The molecule has 2 fully saturated rings. The Morgan fingerprint density at radius 1 is 1.12 bits per heavy atom. The number of amides is 2. The van der Waals surface area contributed by atoms with E-state index in [1.165, 1.54) is 24.2 Å². The van der Waals surface area contributed by atoms with Crippen LogP contribution in [-0.4, -0.2) is 78.5 Å². The van der Waals surface area contributed by atoms with Crippen molar-refractivity contribution in [3.05, 3.63) is 34.1 Å². The van der Waals surface area contributed by atoms with Gasteiger partial charge in [0.15, 0.2) is 5.13 Å². The van der Waals surface area contributed by atoms with E-state index >= 15 is 0 Å². The zero-order chi connectivity index (χ0) is 28.9. The Morgan fingerprint density at radius 2 is 1.85 bits per heavy atom. The molecule has 2 aliphatic heterocycles. The summed E-state index contributed by atoms with van der Waals surface area (Å²) in [6.45, 7) is 12.7. The summed E-state index contributed by atoms with van der Waals surface area (Å²) >= 11 is 1.32. The normalized spacial score (nSPS) is 20.3. The summed E-state index contributed by atoms with van der Waals surface area (Å²) in [6, 6.07) is 0. The maximum Gasteiger partial charge on any atom is 0.275 e. The van der Waals surface area contributed by atoms with E-state index in [1.54, 1.807) is 6.20 Å². The van der Waals surface area contributed by atoms with Gasteiger partial charge in [0.05, 0.1) is 17.8 Å². The molecule has 5 heterocycles. The number of rotatable bonds is 5. The fraction of sp³-hybridized carbons (Fsp3) is 0.586. The Morgan fingerprint density at radius 3 is 2.59 bits per heavy atom. The number of fused-ring (bicyclic) bond motifs is 3. The van der Waals surface area contributed by atoms with Crippen molar-refractivity contribution in [3.63, 3.8) is 0 Å². The number of nitrogens with two attached hydrogens (primary N) is 1. The highest BCUT2D eigenvalue weighted by molar-refractivity contribution is 7.14. The topological polar surface area (TPSA) is 146 Å². The number of hydrogen-bond acceptors (Lipinski definition) is 9. The first-order valence-electron chi connectivity index (χ1n) is 14.5. The van der Waals surface area contributed by atoms with Gasteiger partial charge in [0.2, 0.25) is 11.9 Å². The molecule has 4 N–H and O–H groups in total. The van der Waals surface area contributed by atoms with Crippen LogP contribution in [0.15, 0.2) is 11.6 Å². The molecule has 0 saturated carbocycles. The van der Waals surface area contributed by atoms with E-state index in [-0.39, 0.29) is 35.1 Å². The van der Waals surface area contributed by atoms with Gasteiger partial charge < -0.3 is 10.6 Å². The Bertz CT molecular complexity index is 1460. The summed E-state index contributed by atoms with van der Waals surface area (Å²) in [5.74, 6) is 0.746. The van der Waals surface area contributed by atoms with Crippen LogP contribution in [0.4, 0.5) is 11.1 Å². The molecular formula is C29H39N9O2S. The zero-order valence-electron chi connectivity index (χ0n) is 24.3. The molecule has 0 atom stereocenters. The highest BCUT2D eigenvalue weighted by Crippen LogP contribution is 2.43. The van der Waals surface area contributed by atoms with Gasteiger partial charge in [-0.05, 0) is 69.0 Å². The van der Waals surface area contributed by atoms with Gasteiger partial charge >= 0.3 is 0 Å². The second-order valence-corrected chi connectivity index (χ2v) is 13.7. The van der Waals surface area contributed by atoms with Crippen LogP contribution in [0.1, 0.15) is 80.7 Å². The SMILES string of the molecule is CC1CCN(C2(C)CCN(C(=O)Cc3csc(NC(=O)c4[nH]nc5c4C(C)(C)Cc4cnc(N)nc4-5)n3)CC2)CC1. The van der Waals surface area contributed by atoms with Crippen LogP contribution >= 0.6 is 11.3 Å². The van der Waals surface area contributed by atoms with Gasteiger partial charge in [0.25, 0.3) is 5.91 Å². The van der Waals surface area contributed by atoms with Gasteiger partial charge in [-0.3, -0.25) is 24.9 Å². The molecule has 41 heavy (non-hydrogen) atoms. The zero-order valence-corrected chi connectivity index (χ0v) is 25.1. The van der Waals surface area contributed by atoms with E-state index in [9.17, 15) is 9.59 Å². The third-order valence-electron chi connectivity index (χ3n) is 9.25. The van der Waals surface area contributed by atoms with Crippen LogP contribution in [0, 0.1) is 5.92 Å². The Labute approximate surface area is 244 Å². The van der Waals surface area contributed by atoms with Crippen molar-refractivity contribution < 1.29 is 9.59 Å². The smallest absolute Gasteiger partial charge is 0.275 e. The number of aromatic nitrogens is 5. The maximum absolute atomic E-state index is 13.3. The van der Waals surface area contributed by atoms with Gasteiger partial charge in [-0.1, -0.05) is 20.8 Å². The van der Waals surface area contributed by atoms with Gasteiger partial charge in [-0.25, -0.2) is 15.0 Å².